The van der Waals surface area contributed by atoms with Crippen molar-refractivity contribution in [2.45, 2.75) is 6.42 Å². The number of halogens is 1. The monoisotopic (exact) mass is 357 g/mol. The lowest BCUT2D eigenvalue weighted by atomic mass is 10.1. The molecule has 0 aromatic heterocycles. The molecule has 130 valence electrons. The molecule has 0 unspecified atom stereocenters. The largest absolute Gasteiger partial charge is 0.340 e. The van der Waals surface area contributed by atoms with E-state index in [1.54, 1.807) is 9.32 Å². The van der Waals surface area contributed by atoms with E-state index in [-0.39, 0.29) is 18.2 Å². The van der Waals surface area contributed by atoms with E-state index >= 15 is 0 Å². The molecule has 25 heavy (non-hydrogen) atoms. The van der Waals surface area contributed by atoms with Gasteiger partial charge in [0.15, 0.2) is 0 Å². The second-order valence-electron chi connectivity index (χ2n) is 5.96. The van der Waals surface area contributed by atoms with E-state index in [0.717, 1.165) is 11.1 Å². The second kappa shape index (κ2) is 8.14. The highest BCUT2D eigenvalue weighted by Crippen LogP contribution is 2.21. The molecule has 0 bridgehead atoms. The Morgan fingerprint density at radius 3 is 2.12 bits per heavy atom. The minimum atomic E-state index is -0.300. The second-order valence-corrected chi connectivity index (χ2v) is 6.44. The van der Waals surface area contributed by atoms with Gasteiger partial charge in [-0.3, -0.25) is 9.59 Å². The molecule has 0 spiro atoms. The smallest absolute Gasteiger partial charge is 0.233 e. The van der Waals surface area contributed by atoms with Gasteiger partial charge < -0.3 is 10.2 Å². The minimum absolute atomic E-state index is 0.150. The summed E-state index contributed by atoms with van der Waals surface area (Å²) < 4.78 is 1.65. The maximum absolute atomic E-state index is 12.1. The summed E-state index contributed by atoms with van der Waals surface area (Å²) in [4.78, 5) is 25.9. The average molecular weight is 358 g/mol. The summed E-state index contributed by atoms with van der Waals surface area (Å²) in [6, 6.07) is 17.6. The van der Waals surface area contributed by atoms with Crippen molar-refractivity contribution in [3.05, 3.63) is 54.6 Å². The average Bonchev–Trinajstić information content (AvgIpc) is 2.63. The summed E-state index contributed by atoms with van der Waals surface area (Å²) in [5, 5.41) is 2.78. The van der Waals surface area contributed by atoms with Gasteiger partial charge in [0.2, 0.25) is 11.8 Å². The summed E-state index contributed by atoms with van der Waals surface area (Å²) in [6.07, 6.45) is -0.150. The van der Waals surface area contributed by atoms with E-state index < -0.39 is 0 Å². The molecule has 2 aromatic rings. The summed E-state index contributed by atoms with van der Waals surface area (Å²) >= 11 is 5.87. The predicted molar refractivity (Wildman–Crippen MR) is 99.1 cm³/mol. The predicted octanol–water partition coefficient (Wildman–Crippen LogP) is 2.98. The molecule has 0 radical (unpaired) electrons. The first kappa shape index (κ1) is 17.5. The Morgan fingerprint density at radius 1 is 0.880 bits per heavy atom. The van der Waals surface area contributed by atoms with Crippen molar-refractivity contribution in [2.24, 2.45) is 0 Å². The first-order valence-electron chi connectivity index (χ1n) is 8.25. The molecule has 1 fully saturated rings. The van der Waals surface area contributed by atoms with Gasteiger partial charge in [0, 0.05) is 31.9 Å². The molecule has 2 aromatic carbocycles. The Morgan fingerprint density at radius 2 is 1.48 bits per heavy atom. The van der Waals surface area contributed by atoms with Crippen LogP contribution in [0.3, 0.4) is 0 Å². The third-order valence-corrected chi connectivity index (χ3v) is 4.50. The van der Waals surface area contributed by atoms with Crippen LogP contribution in [0.4, 0.5) is 5.69 Å². The summed E-state index contributed by atoms with van der Waals surface area (Å²) in [5.74, 6) is -0.464. The lowest BCUT2D eigenvalue weighted by Crippen LogP contribution is -2.46. The molecule has 0 saturated carbocycles. The highest BCUT2D eigenvalue weighted by Gasteiger charge is 2.21. The highest BCUT2D eigenvalue weighted by atomic mass is 35.5. The summed E-state index contributed by atoms with van der Waals surface area (Å²) in [6.45, 7) is 2.36. The number of nitrogens with one attached hydrogen (secondary N) is 1. The molecular formula is C19H20ClN3O2. The van der Waals surface area contributed by atoms with Crippen LogP contribution in [-0.4, -0.2) is 47.3 Å². The molecule has 1 aliphatic heterocycles. The van der Waals surface area contributed by atoms with Crippen LogP contribution in [0.1, 0.15) is 6.42 Å². The van der Waals surface area contributed by atoms with Crippen LogP contribution in [-0.2, 0) is 9.59 Å². The fourth-order valence-corrected chi connectivity index (χ4v) is 2.91. The Hall–Kier alpha value is -2.37. The third kappa shape index (κ3) is 4.81. The van der Waals surface area contributed by atoms with Crippen molar-refractivity contribution in [3.8, 4) is 11.1 Å². The van der Waals surface area contributed by atoms with Crippen LogP contribution in [0.15, 0.2) is 54.6 Å². The topological polar surface area (TPSA) is 52.7 Å². The van der Waals surface area contributed by atoms with Gasteiger partial charge in [0.1, 0.15) is 6.42 Å². The van der Waals surface area contributed by atoms with Gasteiger partial charge in [-0.25, -0.2) is 4.42 Å². The number of anilines is 1. The Balaban J connectivity index is 1.53. The van der Waals surface area contributed by atoms with Crippen molar-refractivity contribution in [2.75, 3.05) is 31.5 Å². The lowest BCUT2D eigenvalue weighted by molar-refractivity contribution is -0.135. The van der Waals surface area contributed by atoms with E-state index in [1.807, 2.05) is 54.6 Å². The SMILES string of the molecule is O=C(CC(=O)N1CCN(Cl)CC1)Nc1ccc(-c2ccccc2)cc1. The van der Waals surface area contributed by atoms with Gasteiger partial charge in [0.05, 0.1) is 0 Å². The van der Waals surface area contributed by atoms with E-state index in [9.17, 15) is 9.59 Å². The van der Waals surface area contributed by atoms with Crippen LogP contribution in [0.25, 0.3) is 11.1 Å². The molecular weight excluding hydrogens is 338 g/mol. The van der Waals surface area contributed by atoms with Crippen molar-refractivity contribution in [3.63, 3.8) is 0 Å². The number of amides is 2. The first-order chi connectivity index (χ1) is 12.1. The molecule has 1 heterocycles. The number of carbonyl (C=O) groups is 2. The molecule has 0 atom stereocenters. The fraction of sp³-hybridized carbons (Fsp3) is 0.263. The molecule has 0 aliphatic carbocycles. The van der Waals surface area contributed by atoms with Crippen molar-refractivity contribution in [1.82, 2.24) is 9.32 Å². The van der Waals surface area contributed by atoms with Crippen molar-refractivity contribution in [1.29, 1.82) is 0 Å². The third-order valence-electron chi connectivity index (χ3n) is 4.17. The minimum Gasteiger partial charge on any atom is -0.340 e. The molecule has 6 heteroatoms. The molecule has 5 nitrogen and oxygen atoms in total. The van der Waals surface area contributed by atoms with Gasteiger partial charge in [-0.1, -0.05) is 42.5 Å². The summed E-state index contributed by atoms with van der Waals surface area (Å²) in [7, 11) is 0. The zero-order valence-electron chi connectivity index (χ0n) is 13.8. The maximum Gasteiger partial charge on any atom is 0.233 e. The maximum atomic E-state index is 12.1. The number of benzene rings is 2. The van der Waals surface area contributed by atoms with Crippen LogP contribution < -0.4 is 5.32 Å². The summed E-state index contributed by atoms with van der Waals surface area (Å²) in [5.41, 5.74) is 2.88. The lowest BCUT2D eigenvalue weighted by Gasteiger charge is -2.30. The number of hydrogen-bond donors (Lipinski definition) is 1. The normalized spacial score (nSPS) is 15.0. The number of rotatable bonds is 4. The van der Waals surface area contributed by atoms with E-state index in [1.165, 1.54) is 0 Å². The van der Waals surface area contributed by atoms with E-state index in [4.69, 9.17) is 11.8 Å². The number of piperazine rings is 1. The standard InChI is InChI=1S/C19H20ClN3O2/c20-23-12-10-22(11-13-23)19(25)14-18(24)21-17-8-6-16(7-9-17)15-4-2-1-3-5-15/h1-9H,10-14H2,(H,21,24). The van der Waals surface area contributed by atoms with Crippen molar-refractivity contribution >= 4 is 29.3 Å². The van der Waals surface area contributed by atoms with Crippen molar-refractivity contribution < 1.29 is 9.59 Å². The van der Waals surface area contributed by atoms with Gasteiger partial charge in [0.25, 0.3) is 0 Å². The molecule has 2 amide bonds. The molecule has 1 N–H and O–H groups in total. The van der Waals surface area contributed by atoms with Gasteiger partial charge in [-0.2, -0.15) is 0 Å². The zero-order chi connectivity index (χ0) is 17.6. The highest BCUT2D eigenvalue weighted by molar-refractivity contribution is 6.13. The number of nitrogens with zero attached hydrogens (tertiary/aromatic N) is 2. The fourth-order valence-electron chi connectivity index (χ4n) is 2.76. The van der Waals surface area contributed by atoms with Crippen LogP contribution in [0.5, 0.6) is 0 Å². The molecule has 3 rings (SSSR count). The van der Waals surface area contributed by atoms with Crippen LogP contribution in [0.2, 0.25) is 0 Å². The zero-order valence-corrected chi connectivity index (χ0v) is 14.6. The van der Waals surface area contributed by atoms with Gasteiger partial charge in [-0.05, 0) is 35.0 Å². The number of carbonyl (C=O) groups excluding carboxylic acids is 2. The Kier molecular flexibility index (Phi) is 5.68. The van der Waals surface area contributed by atoms with E-state index in [2.05, 4.69) is 5.32 Å². The van der Waals surface area contributed by atoms with Gasteiger partial charge in [-0.15, -0.1) is 0 Å². The molecule has 1 aliphatic rings. The first-order valence-corrected chi connectivity index (χ1v) is 8.59. The quantitative estimate of drug-likeness (QED) is 0.676. The Bertz CT molecular complexity index is 726. The molecule has 1 saturated heterocycles. The number of hydrogen-bond acceptors (Lipinski definition) is 3. The Labute approximate surface area is 152 Å². The van der Waals surface area contributed by atoms with Crippen LogP contribution >= 0.6 is 11.8 Å². The van der Waals surface area contributed by atoms with Crippen LogP contribution in [0, 0.1) is 0 Å². The van der Waals surface area contributed by atoms with E-state index in [0.29, 0.717) is 31.9 Å². The van der Waals surface area contributed by atoms with Gasteiger partial charge >= 0.3 is 0 Å².